The summed E-state index contributed by atoms with van der Waals surface area (Å²) in [4.78, 5) is 2.49. The van der Waals surface area contributed by atoms with Crippen LogP contribution < -0.4 is 10.6 Å². The fourth-order valence-electron chi connectivity index (χ4n) is 2.03. The van der Waals surface area contributed by atoms with E-state index in [1.807, 2.05) is 6.07 Å². The zero-order valence-corrected chi connectivity index (χ0v) is 13.5. The molecule has 0 radical (unpaired) electrons. The SMILES string of the molecule is CCCCN(c1cc(C)c(N)cc1Br)C(C)CC. The monoisotopic (exact) mass is 312 g/mol. The topological polar surface area (TPSA) is 29.3 Å². The van der Waals surface area contributed by atoms with Crippen molar-refractivity contribution in [3.05, 3.63) is 22.2 Å². The molecule has 1 rings (SSSR count). The predicted molar refractivity (Wildman–Crippen MR) is 85.3 cm³/mol. The van der Waals surface area contributed by atoms with Gasteiger partial charge in [0.25, 0.3) is 0 Å². The number of nitrogen functional groups attached to an aromatic ring is 1. The van der Waals surface area contributed by atoms with Gasteiger partial charge in [-0.3, -0.25) is 0 Å². The molecule has 0 amide bonds. The number of aryl methyl sites for hydroxylation is 1. The van der Waals surface area contributed by atoms with Crippen molar-refractivity contribution < 1.29 is 0 Å². The Morgan fingerprint density at radius 1 is 1.33 bits per heavy atom. The summed E-state index contributed by atoms with van der Waals surface area (Å²) in [6.07, 6.45) is 3.60. The normalized spacial score (nSPS) is 12.5. The molecule has 0 fully saturated rings. The van der Waals surface area contributed by atoms with Crippen molar-refractivity contribution in [3.8, 4) is 0 Å². The van der Waals surface area contributed by atoms with Gasteiger partial charge in [-0.2, -0.15) is 0 Å². The smallest absolute Gasteiger partial charge is 0.0517 e. The van der Waals surface area contributed by atoms with Crippen LogP contribution in [-0.2, 0) is 0 Å². The van der Waals surface area contributed by atoms with E-state index in [9.17, 15) is 0 Å². The molecule has 0 aliphatic carbocycles. The fraction of sp³-hybridized carbons (Fsp3) is 0.600. The molecule has 3 heteroatoms. The lowest BCUT2D eigenvalue weighted by atomic mass is 10.1. The molecule has 0 heterocycles. The Hall–Kier alpha value is -0.700. The van der Waals surface area contributed by atoms with Gasteiger partial charge in [-0.1, -0.05) is 20.3 Å². The Morgan fingerprint density at radius 3 is 2.56 bits per heavy atom. The molecule has 1 aromatic rings. The maximum Gasteiger partial charge on any atom is 0.0517 e. The van der Waals surface area contributed by atoms with Crippen molar-refractivity contribution in [1.29, 1.82) is 0 Å². The molecule has 18 heavy (non-hydrogen) atoms. The van der Waals surface area contributed by atoms with Gasteiger partial charge in [0, 0.05) is 22.7 Å². The van der Waals surface area contributed by atoms with Crippen LogP contribution in [0.25, 0.3) is 0 Å². The first kappa shape index (κ1) is 15.4. The summed E-state index contributed by atoms with van der Waals surface area (Å²) in [5, 5.41) is 0. The zero-order valence-electron chi connectivity index (χ0n) is 12.0. The quantitative estimate of drug-likeness (QED) is 0.768. The molecule has 1 aromatic carbocycles. The molecule has 0 bridgehead atoms. The Morgan fingerprint density at radius 2 is 2.00 bits per heavy atom. The highest BCUT2D eigenvalue weighted by Gasteiger charge is 2.16. The number of benzene rings is 1. The van der Waals surface area contributed by atoms with Crippen LogP contribution in [0, 0.1) is 6.92 Å². The molecule has 0 saturated carbocycles. The third kappa shape index (κ3) is 3.64. The summed E-state index contributed by atoms with van der Waals surface area (Å²) in [7, 11) is 0. The van der Waals surface area contributed by atoms with Gasteiger partial charge in [-0.15, -0.1) is 0 Å². The van der Waals surface area contributed by atoms with Gasteiger partial charge in [0.05, 0.1) is 5.69 Å². The highest BCUT2D eigenvalue weighted by atomic mass is 79.9. The van der Waals surface area contributed by atoms with Crippen molar-refractivity contribution in [2.24, 2.45) is 0 Å². The van der Waals surface area contributed by atoms with E-state index in [1.54, 1.807) is 0 Å². The van der Waals surface area contributed by atoms with Crippen LogP contribution in [0.15, 0.2) is 16.6 Å². The van der Waals surface area contributed by atoms with Crippen molar-refractivity contribution in [1.82, 2.24) is 0 Å². The molecular weight excluding hydrogens is 288 g/mol. The van der Waals surface area contributed by atoms with Crippen molar-refractivity contribution in [2.75, 3.05) is 17.2 Å². The van der Waals surface area contributed by atoms with Gasteiger partial charge in [-0.25, -0.2) is 0 Å². The Kier molecular flexibility index (Phi) is 6.00. The van der Waals surface area contributed by atoms with Gasteiger partial charge in [0.15, 0.2) is 0 Å². The van der Waals surface area contributed by atoms with Crippen LogP contribution in [0.3, 0.4) is 0 Å². The van der Waals surface area contributed by atoms with Crippen LogP contribution in [0.5, 0.6) is 0 Å². The van der Waals surface area contributed by atoms with Gasteiger partial charge in [0.2, 0.25) is 0 Å². The highest BCUT2D eigenvalue weighted by Crippen LogP contribution is 2.32. The molecule has 2 nitrogen and oxygen atoms in total. The number of nitrogens with zero attached hydrogens (tertiary/aromatic N) is 1. The van der Waals surface area contributed by atoms with Crippen molar-refractivity contribution >= 4 is 27.3 Å². The molecule has 0 spiro atoms. The van der Waals surface area contributed by atoms with E-state index in [1.165, 1.54) is 18.5 Å². The van der Waals surface area contributed by atoms with E-state index in [0.29, 0.717) is 6.04 Å². The molecule has 0 aliphatic heterocycles. The summed E-state index contributed by atoms with van der Waals surface area (Å²) >= 11 is 3.65. The van der Waals surface area contributed by atoms with E-state index >= 15 is 0 Å². The number of unbranched alkanes of at least 4 members (excludes halogenated alkanes) is 1. The molecule has 2 N–H and O–H groups in total. The lowest BCUT2D eigenvalue weighted by Gasteiger charge is -2.32. The maximum atomic E-state index is 5.95. The number of nitrogens with two attached hydrogens (primary N) is 1. The number of halogens is 1. The molecule has 0 aromatic heterocycles. The molecular formula is C15H25BrN2. The van der Waals surface area contributed by atoms with Crippen LogP contribution >= 0.6 is 15.9 Å². The van der Waals surface area contributed by atoms with E-state index < -0.39 is 0 Å². The van der Waals surface area contributed by atoms with E-state index in [-0.39, 0.29) is 0 Å². The highest BCUT2D eigenvalue weighted by molar-refractivity contribution is 9.10. The lowest BCUT2D eigenvalue weighted by Crippen LogP contribution is -2.33. The van der Waals surface area contributed by atoms with Crippen molar-refractivity contribution in [2.45, 2.75) is 53.0 Å². The van der Waals surface area contributed by atoms with E-state index in [4.69, 9.17) is 5.73 Å². The molecule has 0 aliphatic rings. The van der Waals surface area contributed by atoms with E-state index in [2.05, 4.69) is 54.6 Å². The number of hydrogen-bond donors (Lipinski definition) is 1. The fourth-order valence-corrected chi connectivity index (χ4v) is 2.62. The van der Waals surface area contributed by atoms with Gasteiger partial charge >= 0.3 is 0 Å². The number of anilines is 2. The van der Waals surface area contributed by atoms with Gasteiger partial charge < -0.3 is 10.6 Å². The molecule has 1 unspecified atom stereocenters. The second-order valence-corrected chi connectivity index (χ2v) is 5.82. The standard InChI is InChI=1S/C15H25BrN2/c1-5-7-8-18(12(4)6-2)15-9-11(3)14(17)10-13(15)16/h9-10,12H,5-8,17H2,1-4H3. The lowest BCUT2D eigenvalue weighted by molar-refractivity contribution is 0.595. The number of rotatable bonds is 6. The molecule has 102 valence electrons. The number of hydrogen-bond acceptors (Lipinski definition) is 2. The first-order valence-electron chi connectivity index (χ1n) is 6.83. The van der Waals surface area contributed by atoms with Gasteiger partial charge in [0.1, 0.15) is 0 Å². The predicted octanol–water partition coefficient (Wildman–Crippen LogP) is 4.74. The Bertz CT molecular complexity index is 390. The minimum Gasteiger partial charge on any atom is -0.398 e. The van der Waals surface area contributed by atoms with Crippen molar-refractivity contribution in [3.63, 3.8) is 0 Å². The average Bonchev–Trinajstić information content (AvgIpc) is 2.35. The Labute approximate surface area is 120 Å². The average molecular weight is 313 g/mol. The minimum atomic E-state index is 0.552. The second-order valence-electron chi connectivity index (χ2n) is 4.96. The van der Waals surface area contributed by atoms with Crippen LogP contribution in [0.4, 0.5) is 11.4 Å². The molecule has 0 saturated heterocycles. The summed E-state index contributed by atoms with van der Waals surface area (Å²) in [6, 6.07) is 4.77. The summed E-state index contributed by atoms with van der Waals surface area (Å²) in [6.45, 7) is 9.93. The first-order valence-corrected chi connectivity index (χ1v) is 7.62. The zero-order chi connectivity index (χ0) is 13.7. The first-order chi connectivity index (χ1) is 8.51. The summed E-state index contributed by atoms with van der Waals surface area (Å²) in [5.74, 6) is 0. The largest absolute Gasteiger partial charge is 0.398 e. The third-order valence-electron chi connectivity index (χ3n) is 3.52. The minimum absolute atomic E-state index is 0.552. The van der Waals surface area contributed by atoms with E-state index in [0.717, 1.165) is 28.7 Å². The summed E-state index contributed by atoms with van der Waals surface area (Å²) in [5.41, 5.74) is 9.22. The molecule has 1 atom stereocenters. The maximum absolute atomic E-state index is 5.95. The van der Waals surface area contributed by atoms with Gasteiger partial charge in [-0.05, 0) is 60.3 Å². The summed E-state index contributed by atoms with van der Waals surface area (Å²) < 4.78 is 1.10. The van der Waals surface area contributed by atoms with Crippen LogP contribution in [0.2, 0.25) is 0 Å². The van der Waals surface area contributed by atoms with Crippen LogP contribution in [0.1, 0.15) is 45.6 Å². The third-order valence-corrected chi connectivity index (χ3v) is 4.16. The Balaban J connectivity index is 3.07. The van der Waals surface area contributed by atoms with Crippen LogP contribution in [-0.4, -0.2) is 12.6 Å². The second kappa shape index (κ2) is 7.03.